The number of hydrogen-bond acceptors (Lipinski definition) is 4. The predicted octanol–water partition coefficient (Wildman–Crippen LogP) is 2.89. The van der Waals surface area contributed by atoms with Gasteiger partial charge in [0.05, 0.1) is 0 Å². The van der Waals surface area contributed by atoms with Crippen molar-refractivity contribution in [2.24, 2.45) is 7.05 Å². The van der Waals surface area contributed by atoms with Gasteiger partial charge in [0.1, 0.15) is 0 Å². The van der Waals surface area contributed by atoms with Gasteiger partial charge in [-0.15, -0.1) is 12.4 Å². The van der Waals surface area contributed by atoms with Crippen LogP contribution in [0.3, 0.4) is 0 Å². The summed E-state index contributed by atoms with van der Waals surface area (Å²) in [7, 11) is 1.83. The third-order valence-electron chi connectivity index (χ3n) is 4.85. The summed E-state index contributed by atoms with van der Waals surface area (Å²) in [4.78, 5) is 16.8. The van der Waals surface area contributed by atoms with Crippen LogP contribution in [0.5, 0.6) is 0 Å². The first-order valence-electron chi connectivity index (χ1n) is 9.00. The summed E-state index contributed by atoms with van der Waals surface area (Å²) in [6, 6.07) is 6.35. The molecule has 3 rings (SSSR count). The predicted molar refractivity (Wildman–Crippen MR) is 106 cm³/mol. The van der Waals surface area contributed by atoms with E-state index in [0.717, 1.165) is 38.2 Å². The molecule has 2 aromatic rings. The highest BCUT2D eigenvalue weighted by Crippen LogP contribution is 2.23. The lowest BCUT2D eigenvalue weighted by molar-refractivity contribution is -0.116. The molecule has 1 aliphatic rings. The first kappa shape index (κ1) is 20.4. The molecule has 6 nitrogen and oxygen atoms in total. The molecular weight excluding hydrogens is 350 g/mol. The summed E-state index contributed by atoms with van der Waals surface area (Å²) in [5, 5.41) is 10.7. The highest BCUT2D eigenvalue weighted by atomic mass is 35.5. The Labute approximate surface area is 161 Å². The van der Waals surface area contributed by atoms with Crippen LogP contribution < -0.4 is 10.6 Å². The standard InChI is InChI=1S/C19H27N5O.ClH/c1-13-4-5-15(14(2)12-13)6-7-17(25)21-19-22-18(23-24(19)3)16-8-10-20-11-9-16;/h4-5,12,16,20H,6-11H2,1-3H3,(H,21,22,23,25);1H. The number of rotatable bonds is 5. The van der Waals surface area contributed by atoms with Crippen molar-refractivity contribution < 1.29 is 4.79 Å². The highest BCUT2D eigenvalue weighted by Gasteiger charge is 2.21. The minimum Gasteiger partial charge on any atom is -0.317 e. The second kappa shape index (κ2) is 9.14. The van der Waals surface area contributed by atoms with Crippen LogP contribution in [0.1, 0.15) is 47.7 Å². The van der Waals surface area contributed by atoms with Crippen LogP contribution in [0.25, 0.3) is 0 Å². The number of halogens is 1. The molecule has 1 aromatic carbocycles. The van der Waals surface area contributed by atoms with E-state index in [0.29, 0.717) is 18.3 Å². The maximum absolute atomic E-state index is 12.3. The second-order valence-corrected chi connectivity index (χ2v) is 6.92. The van der Waals surface area contributed by atoms with Crippen molar-refractivity contribution in [2.45, 2.75) is 45.4 Å². The lowest BCUT2D eigenvalue weighted by Crippen LogP contribution is -2.27. The molecule has 1 aliphatic heterocycles. The molecule has 0 spiro atoms. The van der Waals surface area contributed by atoms with E-state index in [1.165, 1.54) is 16.7 Å². The average molecular weight is 378 g/mol. The number of amides is 1. The molecule has 2 N–H and O–H groups in total. The number of nitrogens with one attached hydrogen (secondary N) is 2. The summed E-state index contributed by atoms with van der Waals surface area (Å²) in [5.74, 6) is 1.74. The van der Waals surface area contributed by atoms with Crippen LogP contribution in [0.15, 0.2) is 18.2 Å². The van der Waals surface area contributed by atoms with Crippen LogP contribution in [0, 0.1) is 13.8 Å². The van der Waals surface area contributed by atoms with Crippen molar-refractivity contribution in [1.29, 1.82) is 0 Å². The third kappa shape index (κ3) is 5.05. The Morgan fingerprint density at radius 2 is 2.04 bits per heavy atom. The topological polar surface area (TPSA) is 71.8 Å². The maximum atomic E-state index is 12.3. The number of carbonyl (C=O) groups is 1. The normalized spacial score (nSPS) is 14.7. The minimum absolute atomic E-state index is 0. The quantitative estimate of drug-likeness (QED) is 0.840. The van der Waals surface area contributed by atoms with E-state index < -0.39 is 0 Å². The molecule has 1 amide bonds. The Kier molecular flexibility index (Phi) is 7.17. The monoisotopic (exact) mass is 377 g/mol. The Bertz CT molecular complexity index is 752. The Morgan fingerprint density at radius 3 is 2.73 bits per heavy atom. The van der Waals surface area contributed by atoms with Gasteiger partial charge in [-0.2, -0.15) is 10.1 Å². The number of hydrogen-bond donors (Lipinski definition) is 2. The Balaban J connectivity index is 0.00000243. The zero-order valence-electron chi connectivity index (χ0n) is 15.7. The Hall–Kier alpha value is -1.92. The molecule has 26 heavy (non-hydrogen) atoms. The molecular formula is C19H28ClN5O. The molecule has 0 saturated carbocycles. The van der Waals surface area contributed by atoms with Crippen molar-refractivity contribution in [2.75, 3.05) is 18.4 Å². The molecule has 142 valence electrons. The van der Waals surface area contributed by atoms with Crippen LogP contribution in [-0.4, -0.2) is 33.8 Å². The van der Waals surface area contributed by atoms with Gasteiger partial charge in [-0.25, -0.2) is 4.68 Å². The number of carbonyl (C=O) groups excluding carboxylic acids is 1. The fourth-order valence-corrected chi connectivity index (χ4v) is 3.33. The fourth-order valence-electron chi connectivity index (χ4n) is 3.33. The smallest absolute Gasteiger partial charge is 0.227 e. The number of anilines is 1. The van der Waals surface area contributed by atoms with E-state index in [4.69, 9.17) is 0 Å². The van der Waals surface area contributed by atoms with Gasteiger partial charge in [-0.1, -0.05) is 23.8 Å². The maximum Gasteiger partial charge on any atom is 0.227 e. The summed E-state index contributed by atoms with van der Waals surface area (Å²) in [5.41, 5.74) is 3.70. The van der Waals surface area contributed by atoms with Crippen molar-refractivity contribution in [3.63, 3.8) is 0 Å². The van der Waals surface area contributed by atoms with Crippen LogP contribution >= 0.6 is 12.4 Å². The number of nitrogens with zero attached hydrogens (tertiary/aromatic N) is 3. The first-order chi connectivity index (χ1) is 12.0. The van der Waals surface area contributed by atoms with E-state index in [-0.39, 0.29) is 18.3 Å². The van der Waals surface area contributed by atoms with Crippen LogP contribution in [-0.2, 0) is 18.3 Å². The van der Waals surface area contributed by atoms with Crippen molar-refractivity contribution >= 4 is 24.3 Å². The van der Waals surface area contributed by atoms with Gasteiger partial charge in [0.15, 0.2) is 5.82 Å². The molecule has 0 aliphatic carbocycles. The van der Waals surface area contributed by atoms with Crippen LogP contribution in [0.4, 0.5) is 5.95 Å². The molecule has 1 aromatic heterocycles. The third-order valence-corrected chi connectivity index (χ3v) is 4.85. The molecule has 7 heteroatoms. The van der Waals surface area contributed by atoms with Crippen molar-refractivity contribution in [3.05, 3.63) is 40.7 Å². The first-order valence-corrected chi connectivity index (χ1v) is 9.00. The van der Waals surface area contributed by atoms with E-state index in [9.17, 15) is 4.79 Å². The molecule has 0 unspecified atom stereocenters. The SMILES string of the molecule is Cc1ccc(CCC(=O)Nc2nc(C3CCNCC3)nn2C)c(C)c1.Cl. The summed E-state index contributed by atoms with van der Waals surface area (Å²) >= 11 is 0. The number of aryl methyl sites for hydroxylation is 4. The summed E-state index contributed by atoms with van der Waals surface area (Å²) in [6.07, 6.45) is 3.27. The number of piperidine rings is 1. The van der Waals surface area contributed by atoms with Crippen molar-refractivity contribution in [3.8, 4) is 0 Å². The van der Waals surface area contributed by atoms with Gasteiger partial charge >= 0.3 is 0 Å². The lowest BCUT2D eigenvalue weighted by Gasteiger charge is -2.19. The summed E-state index contributed by atoms with van der Waals surface area (Å²) in [6.45, 7) is 6.17. The lowest BCUT2D eigenvalue weighted by atomic mass is 9.98. The van der Waals surface area contributed by atoms with Gasteiger partial charge in [-0.05, 0) is 57.3 Å². The van der Waals surface area contributed by atoms with Gasteiger partial charge in [0.2, 0.25) is 11.9 Å². The zero-order chi connectivity index (χ0) is 17.8. The fraction of sp³-hybridized carbons (Fsp3) is 0.526. The summed E-state index contributed by atoms with van der Waals surface area (Å²) < 4.78 is 1.67. The minimum atomic E-state index is -0.0210. The Morgan fingerprint density at radius 1 is 1.31 bits per heavy atom. The van der Waals surface area contributed by atoms with Gasteiger partial charge < -0.3 is 5.32 Å². The molecule has 2 heterocycles. The number of aromatic nitrogens is 3. The second-order valence-electron chi connectivity index (χ2n) is 6.92. The molecule has 1 saturated heterocycles. The van der Waals surface area contributed by atoms with Gasteiger partial charge in [0.25, 0.3) is 0 Å². The zero-order valence-corrected chi connectivity index (χ0v) is 16.5. The average Bonchev–Trinajstić information content (AvgIpc) is 2.95. The number of benzene rings is 1. The van der Waals surface area contributed by atoms with Gasteiger partial charge in [0, 0.05) is 19.4 Å². The molecule has 0 radical (unpaired) electrons. The van der Waals surface area contributed by atoms with Gasteiger partial charge in [-0.3, -0.25) is 10.1 Å². The van der Waals surface area contributed by atoms with E-state index >= 15 is 0 Å². The largest absolute Gasteiger partial charge is 0.317 e. The molecule has 0 atom stereocenters. The van der Waals surface area contributed by atoms with E-state index in [1.807, 2.05) is 7.05 Å². The van der Waals surface area contributed by atoms with E-state index in [1.54, 1.807) is 4.68 Å². The molecule has 0 bridgehead atoms. The van der Waals surface area contributed by atoms with E-state index in [2.05, 4.69) is 52.8 Å². The molecule has 1 fully saturated rings. The van der Waals surface area contributed by atoms with Crippen molar-refractivity contribution in [1.82, 2.24) is 20.1 Å². The van der Waals surface area contributed by atoms with Crippen LogP contribution in [0.2, 0.25) is 0 Å². The highest BCUT2D eigenvalue weighted by molar-refractivity contribution is 5.89.